The Kier molecular flexibility index (Phi) is 3.74. The highest BCUT2D eigenvalue weighted by Gasteiger charge is 2.20. The summed E-state index contributed by atoms with van der Waals surface area (Å²) in [6.07, 6.45) is 6.46. The molecule has 0 amide bonds. The van der Waals surface area contributed by atoms with Crippen LogP contribution in [0.15, 0.2) is 36.8 Å². The first-order chi connectivity index (χ1) is 9.74. The number of rotatable bonds is 4. The van der Waals surface area contributed by atoms with Crippen molar-refractivity contribution in [2.24, 2.45) is 0 Å². The van der Waals surface area contributed by atoms with Crippen molar-refractivity contribution in [3.05, 3.63) is 42.5 Å². The predicted octanol–water partition coefficient (Wildman–Crippen LogP) is 3.08. The minimum absolute atomic E-state index is 0.201. The van der Waals surface area contributed by atoms with Gasteiger partial charge in [-0.15, -0.1) is 0 Å². The van der Waals surface area contributed by atoms with Crippen LogP contribution >= 0.6 is 0 Å². The Morgan fingerprint density at radius 3 is 2.75 bits per heavy atom. The van der Waals surface area contributed by atoms with Crippen LogP contribution < -0.4 is 10.1 Å². The average Bonchev–Trinajstić information content (AvgIpc) is 3.09. The summed E-state index contributed by atoms with van der Waals surface area (Å²) in [4.78, 5) is 4.31. The fourth-order valence-corrected chi connectivity index (χ4v) is 2.67. The summed E-state index contributed by atoms with van der Waals surface area (Å²) in [5, 5.41) is 3.52. The highest BCUT2D eigenvalue weighted by atomic mass is 16.5. The van der Waals surface area contributed by atoms with Crippen LogP contribution in [-0.4, -0.2) is 22.2 Å². The van der Waals surface area contributed by atoms with Crippen LogP contribution in [0.4, 0.5) is 0 Å². The van der Waals surface area contributed by atoms with E-state index in [1.165, 1.54) is 18.5 Å². The molecule has 0 bridgehead atoms. The molecule has 1 unspecified atom stereocenters. The van der Waals surface area contributed by atoms with Crippen molar-refractivity contribution in [3.8, 4) is 11.4 Å². The standard InChI is InChI=1S/C16H21N3O/c1-12(2)20-14-7-5-13(6-8-14)19-11-17-10-16(19)15-4-3-9-18-15/h5-8,10-12,15,18H,3-4,9H2,1-2H3. The van der Waals surface area contributed by atoms with Crippen LogP contribution in [0, 0.1) is 0 Å². The maximum atomic E-state index is 5.68. The fraction of sp³-hybridized carbons (Fsp3) is 0.438. The van der Waals surface area contributed by atoms with Gasteiger partial charge < -0.3 is 14.6 Å². The molecule has 3 rings (SSSR count). The van der Waals surface area contributed by atoms with Gasteiger partial charge in [0.25, 0.3) is 0 Å². The number of nitrogens with one attached hydrogen (secondary N) is 1. The number of nitrogens with zero attached hydrogens (tertiary/aromatic N) is 2. The van der Waals surface area contributed by atoms with Crippen molar-refractivity contribution in [2.75, 3.05) is 6.54 Å². The van der Waals surface area contributed by atoms with Crippen LogP contribution in [0.3, 0.4) is 0 Å². The van der Waals surface area contributed by atoms with E-state index >= 15 is 0 Å². The van der Waals surface area contributed by atoms with Crippen molar-refractivity contribution < 1.29 is 4.74 Å². The number of ether oxygens (including phenoxy) is 1. The molecule has 0 radical (unpaired) electrons. The maximum absolute atomic E-state index is 5.68. The Morgan fingerprint density at radius 2 is 2.10 bits per heavy atom. The molecule has 1 N–H and O–H groups in total. The summed E-state index contributed by atoms with van der Waals surface area (Å²) >= 11 is 0. The van der Waals surface area contributed by atoms with Crippen molar-refractivity contribution >= 4 is 0 Å². The van der Waals surface area contributed by atoms with Gasteiger partial charge in [-0.25, -0.2) is 4.98 Å². The third kappa shape index (κ3) is 2.70. The zero-order valence-corrected chi connectivity index (χ0v) is 12.0. The van der Waals surface area contributed by atoms with E-state index in [9.17, 15) is 0 Å². The van der Waals surface area contributed by atoms with E-state index in [0.29, 0.717) is 6.04 Å². The molecule has 1 fully saturated rings. The van der Waals surface area contributed by atoms with Crippen molar-refractivity contribution in [1.29, 1.82) is 0 Å². The topological polar surface area (TPSA) is 39.1 Å². The second-order valence-electron chi connectivity index (χ2n) is 5.50. The molecule has 106 valence electrons. The van der Waals surface area contributed by atoms with Crippen molar-refractivity contribution in [2.45, 2.75) is 38.8 Å². The van der Waals surface area contributed by atoms with E-state index in [-0.39, 0.29) is 6.10 Å². The summed E-state index contributed by atoms with van der Waals surface area (Å²) in [6, 6.07) is 8.61. The summed E-state index contributed by atoms with van der Waals surface area (Å²) in [6.45, 7) is 5.16. The van der Waals surface area contributed by atoms with Crippen LogP contribution in [0.25, 0.3) is 5.69 Å². The molecule has 20 heavy (non-hydrogen) atoms. The molecular weight excluding hydrogens is 250 g/mol. The molecule has 4 heteroatoms. The fourth-order valence-electron chi connectivity index (χ4n) is 2.67. The number of aromatic nitrogens is 2. The molecule has 0 saturated carbocycles. The van der Waals surface area contributed by atoms with Gasteiger partial charge in [0.05, 0.1) is 24.3 Å². The normalized spacial score (nSPS) is 18.6. The van der Waals surface area contributed by atoms with E-state index in [1.54, 1.807) is 0 Å². The molecule has 1 aromatic carbocycles. The number of hydrogen-bond acceptors (Lipinski definition) is 3. The third-order valence-corrected chi connectivity index (χ3v) is 3.57. The zero-order valence-electron chi connectivity index (χ0n) is 12.0. The quantitative estimate of drug-likeness (QED) is 0.928. The second kappa shape index (κ2) is 5.67. The molecule has 1 saturated heterocycles. The Balaban J connectivity index is 1.84. The van der Waals surface area contributed by atoms with Gasteiger partial charge in [-0.1, -0.05) is 0 Å². The van der Waals surface area contributed by atoms with Crippen LogP contribution in [0.2, 0.25) is 0 Å². The molecule has 1 aromatic heterocycles. The van der Waals surface area contributed by atoms with Crippen LogP contribution in [0.5, 0.6) is 5.75 Å². The molecule has 1 aliphatic heterocycles. The first-order valence-electron chi connectivity index (χ1n) is 7.27. The van der Waals surface area contributed by atoms with E-state index in [1.807, 2.05) is 38.5 Å². The largest absolute Gasteiger partial charge is 0.491 e. The summed E-state index contributed by atoms with van der Waals surface area (Å²) < 4.78 is 7.83. The lowest BCUT2D eigenvalue weighted by atomic mass is 10.1. The number of hydrogen-bond donors (Lipinski definition) is 1. The lowest BCUT2D eigenvalue weighted by Gasteiger charge is -2.15. The predicted molar refractivity (Wildman–Crippen MR) is 79.3 cm³/mol. The molecule has 0 spiro atoms. The van der Waals surface area contributed by atoms with Crippen LogP contribution in [-0.2, 0) is 0 Å². The van der Waals surface area contributed by atoms with Gasteiger partial charge in [0, 0.05) is 11.7 Å². The van der Waals surface area contributed by atoms with Gasteiger partial charge in [0.15, 0.2) is 0 Å². The summed E-state index contributed by atoms with van der Waals surface area (Å²) in [7, 11) is 0. The van der Waals surface area contributed by atoms with E-state index in [0.717, 1.165) is 18.0 Å². The molecule has 1 atom stereocenters. The van der Waals surface area contributed by atoms with Gasteiger partial charge >= 0.3 is 0 Å². The van der Waals surface area contributed by atoms with Gasteiger partial charge in [0.1, 0.15) is 5.75 Å². The van der Waals surface area contributed by atoms with Gasteiger partial charge in [0.2, 0.25) is 0 Å². The highest BCUT2D eigenvalue weighted by Crippen LogP contribution is 2.26. The first kappa shape index (κ1) is 13.2. The third-order valence-electron chi connectivity index (χ3n) is 3.57. The smallest absolute Gasteiger partial charge is 0.119 e. The van der Waals surface area contributed by atoms with Crippen LogP contribution in [0.1, 0.15) is 38.4 Å². The minimum Gasteiger partial charge on any atom is -0.491 e. The van der Waals surface area contributed by atoms with Gasteiger partial charge in [-0.3, -0.25) is 0 Å². The summed E-state index contributed by atoms with van der Waals surface area (Å²) in [5.41, 5.74) is 2.36. The Bertz CT molecular complexity index is 553. The number of benzene rings is 1. The lowest BCUT2D eigenvalue weighted by Crippen LogP contribution is -2.16. The van der Waals surface area contributed by atoms with Gasteiger partial charge in [-0.05, 0) is 57.5 Å². The zero-order chi connectivity index (χ0) is 13.9. The highest BCUT2D eigenvalue weighted by molar-refractivity contribution is 5.39. The maximum Gasteiger partial charge on any atom is 0.119 e. The average molecular weight is 271 g/mol. The summed E-state index contributed by atoms with van der Waals surface area (Å²) in [5.74, 6) is 0.907. The minimum atomic E-state index is 0.201. The van der Waals surface area contributed by atoms with Crippen molar-refractivity contribution in [3.63, 3.8) is 0 Å². The monoisotopic (exact) mass is 271 g/mol. The SMILES string of the molecule is CC(C)Oc1ccc(-n2cncc2C2CCCN2)cc1. The lowest BCUT2D eigenvalue weighted by molar-refractivity contribution is 0.242. The molecular formula is C16H21N3O. The second-order valence-corrected chi connectivity index (χ2v) is 5.50. The Labute approximate surface area is 119 Å². The Morgan fingerprint density at radius 1 is 1.30 bits per heavy atom. The molecule has 0 aliphatic carbocycles. The Hall–Kier alpha value is -1.81. The molecule has 1 aliphatic rings. The van der Waals surface area contributed by atoms with E-state index in [4.69, 9.17) is 4.74 Å². The molecule has 4 nitrogen and oxygen atoms in total. The molecule has 2 heterocycles. The van der Waals surface area contributed by atoms with E-state index in [2.05, 4.69) is 27.0 Å². The first-order valence-corrected chi connectivity index (χ1v) is 7.27. The van der Waals surface area contributed by atoms with Gasteiger partial charge in [-0.2, -0.15) is 0 Å². The van der Waals surface area contributed by atoms with E-state index < -0.39 is 0 Å². The number of imidazole rings is 1. The van der Waals surface area contributed by atoms with Crippen molar-refractivity contribution in [1.82, 2.24) is 14.9 Å². The molecule has 2 aromatic rings.